The standard InChI is InChI=1S/C16H29N3O2.HI/c1-4-14(5-2)12-19-16(17-3)18-9-7-10-20-13-15-8-6-11-21-15;/h6,8,11,14H,4-5,7,9-10,12-13H2,1-3H3,(H2,17,18,19);1H. The lowest BCUT2D eigenvalue weighted by Gasteiger charge is -2.16. The second-order valence-electron chi connectivity index (χ2n) is 5.05. The van der Waals surface area contributed by atoms with E-state index in [1.807, 2.05) is 12.1 Å². The number of rotatable bonds is 10. The first-order chi connectivity index (χ1) is 10.3. The largest absolute Gasteiger partial charge is 0.467 e. The van der Waals surface area contributed by atoms with Gasteiger partial charge in [-0.1, -0.05) is 26.7 Å². The summed E-state index contributed by atoms with van der Waals surface area (Å²) >= 11 is 0. The molecule has 2 N–H and O–H groups in total. The Morgan fingerprint density at radius 2 is 2.09 bits per heavy atom. The highest BCUT2D eigenvalue weighted by molar-refractivity contribution is 14.0. The van der Waals surface area contributed by atoms with E-state index in [4.69, 9.17) is 9.15 Å². The number of hydrogen-bond acceptors (Lipinski definition) is 3. The van der Waals surface area contributed by atoms with E-state index < -0.39 is 0 Å². The van der Waals surface area contributed by atoms with Crippen LogP contribution in [0.4, 0.5) is 0 Å². The number of hydrogen-bond donors (Lipinski definition) is 2. The van der Waals surface area contributed by atoms with Crippen LogP contribution in [-0.2, 0) is 11.3 Å². The van der Waals surface area contributed by atoms with Gasteiger partial charge in [-0.05, 0) is 24.5 Å². The molecule has 1 rings (SSSR count). The van der Waals surface area contributed by atoms with Gasteiger partial charge in [-0.3, -0.25) is 4.99 Å². The molecule has 0 amide bonds. The normalized spacial score (nSPS) is 11.4. The quantitative estimate of drug-likeness (QED) is 0.262. The molecule has 6 heteroatoms. The molecule has 0 aliphatic heterocycles. The van der Waals surface area contributed by atoms with E-state index in [1.54, 1.807) is 13.3 Å². The highest BCUT2D eigenvalue weighted by Gasteiger charge is 2.04. The minimum Gasteiger partial charge on any atom is -0.467 e. The van der Waals surface area contributed by atoms with E-state index in [0.717, 1.165) is 31.2 Å². The van der Waals surface area contributed by atoms with Crippen molar-refractivity contribution in [2.45, 2.75) is 39.7 Å². The number of aliphatic imine (C=N–C) groups is 1. The fourth-order valence-corrected chi connectivity index (χ4v) is 1.99. The molecule has 0 fully saturated rings. The van der Waals surface area contributed by atoms with Crippen LogP contribution in [0.25, 0.3) is 0 Å². The van der Waals surface area contributed by atoms with Crippen molar-refractivity contribution < 1.29 is 9.15 Å². The Morgan fingerprint density at radius 1 is 1.32 bits per heavy atom. The van der Waals surface area contributed by atoms with Crippen molar-refractivity contribution in [2.75, 3.05) is 26.7 Å². The van der Waals surface area contributed by atoms with Crippen LogP contribution < -0.4 is 10.6 Å². The van der Waals surface area contributed by atoms with Crippen LogP contribution in [0.1, 0.15) is 38.9 Å². The van der Waals surface area contributed by atoms with Crippen molar-refractivity contribution in [3.8, 4) is 0 Å². The Kier molecular flexibility index (Phi) is 13.4. The fourth-order valence-electron chi connectivity index (χ4n) is 1.99. The number of nitrogens with one attached hydrogen (secondary N) is 2. The molecule has 1 heterocycles. The van der Waals surface area contributed by atoms with Crippen LogP contribution in [0.15, 0.2) is 27.8 Å². The molecule has 1 aromatic heterocycles. The minimum atomic E-state index is 0. The van der Waals surface area contributed by atoms with Crippen molar-refractivity contribution in [3.63, 3.8) is 0 Å². The van der Waals surface area contributed by atoms with Crippen LogP contribution in [0.5, 0.6) is 0 Å². The summed E-state index contributed by atoms with van der Waals surface area (Å²) in [6.45, 7) is 7.51. The summed E-state index contributed by atoms with van der Waals surface area (Å²) in [5, 5.41) is 6.67. The molecule has 0 spiro atoms. The third kappa shape index (κ3) is 9.30. The van der Waals surface area contributed by atoms with E-state index in [-0.39, 0.29) is 24.0 Å². The lowest BCUT2D eigenvalue weighted by Crippen LogP contribution is -2.40. The summed E-state index contributed by atoms with van der Waals surface area (Å²) in [4.78, 5) is 4.23. The smallest absolute Gasteiger partial charge is 0.190 e. The number of guanidine groups is 1. The molecule has 22 heavy (non-hydrogen) atoms. The Bertz CT molecular complexity index is 379. The first-order valence-electron chi connectivity index (χ1n) is 7.84. The summed E-state index contributed by atoms with van der Waals surface area (Å²) in [7, 11) is 1.80. The molecule has 0 radical (unpaired) electrons. The maximum absolute atomic E-state index is 5.53. The predicted molar refractivity (Wildman–Crippen MR) is 102 cm³/mol. The van der Waals surface area contributed by atoms with Gasteiger partial charge in [0.2, 0.25) is 0 Å². The molecule has 0 unspecified atom stereocenters. The summed E-state index contributed by atoms with van der Waals surface area (Å²) in [5.74, 6) is 2.44. The van der Waals surface area contributed by atoms with Crippen LogP contribution in [-0.4, -0.2) is 32.7 Å². The van der Waals surface area contributed by atoms with Crippen LogP contribution in [0.3, 0.4) is 0 Å². The van der Waals surface area contributed by atoms with E-state index >= 15 is 0 Å². The first-order valence-corrected chi connectivity index (χ1v) is 7.84. The van der Waals surface area contributed by atoms with Gasteiger partial charge in [-0.15, -0.1) is 24.0 Å². The predicted octanol–water partition coefficient (Wildman–Crippen LogP) is 3.41. The molecule has 0 bridgehead atoms. The Morgan fingerprint density at radius 3 is 2.68 bits per heavy atom. The van der Waals surface area contributed by atoms with Gasteiger partial charge in [-0.2, -0.15) is 0 Å². The molecule has 5 nitrogen and oxygen atoms in total. The van der Waals surface area contributed by atoms with E-state index in [9.17, 15) is 0 Å². The second kappa shape index (κ2) is 13.9. The van der Waals surface area contributed by atoms with Gasteiger partial charge in [0.25, 0.3) is 0 Å². The SMILES string of the molecule is CCC(CC)CNC(=NC)NCCCOCc1ccco1.I. The van der Waals surface area contributed by atoms with Gasteiger partial charge in [0.1, 0.15) is 12.4 Å². The highest BCUT2D eigenvalue weighted by atomic mass is 127. The topological polar surface area (TPSA) is 58.8 Å². The molecular formula is C16H30IN3O2. The van der Waals surface area contributed by atoms with Gasteiger partial charge >= 0.3 is 0 Å². The maximum atomic E-state index is 5.53. The second-order valence-corrected chi connectivity index (χ2v) is 5.05. The highest BCUT2D eigenvalue weighted by Crippen LogP contribution is 2.04. The molecular weight excluding hydrogens is 393 g/mol. The summed E-state index contributed by atoms with van der Waals surface area (Å²) in [6.07, 6.45) is 4.99. The van der Waals surface area contributed by atoms with Gasteiger partial charge in [-0.25, -0.2) is 0 Å². The van der Waals surface area contributed by atoms with Gasteiger partial charge in [0, 0.05) is 26.7 Å². The van der Waals surface area contributed by atoms with Crippen molar-refractivity contribution in [1.29, 1.82) is 0 Å². The van der Waals surface area contributed by atoms with Crippen LogP contribution >= 0.6 is 24.0 Å². The third-order valence-corrected chi connectivity index (χ3v) is 3.52. The number of ether oxygens (including phenoxy) is 1. The summed E-state index contributed by atoms with van der Waals surface area (Å²) < 4.78 is 10.7. The van der Waals surface area contributed by atoms with E-state index in [1.165, 1.54) is 12.8 Å². The number of furan rings is 1. The lowest BCUT2D eigenvalue weighted by molar-refractivity contribution is 0.105. The molecule has 1 aromatic rings. The van der Waals surface area contributed by atoms with Gasteiger partial charge < -0.3 is 19.8 Å². The van der Waals surface area contributed by atoms with Crippen molar-refractivity contribution in [2.24, 2.45) is 10.9 Å². The Balaban J connectivity index is 0.00000441. The van der Waals surface area contributed by atoms with Crippen molar-refractivity contribution in [1.82, 2.24) is 10.6 Å². The van der Waals surface area contributed by atoms with Crippen molar-refractivity contribution in [3.05, 3.63) is 24.2 Å². The van der Waals surface area contributed by atoms with E-state index in [2.05, 4.69) is 29.5 Å². The zero-order valence-electron chi connectivity index (χ0n) is 13.9. The van der Waals surface area contributed by atoms with Crippen molar-refractivity contribution >= 4 is 29.9 Å². The monoisotopic (exact) mass is 423 g/mol. The summed E-state index contributed by atoms with van der Waals surface area (Å²) in [5.41, 5.74) is 0. The summed E-state index contributed by atoms with van der Waals surface area (Å²) in [6, 6.07) is 3.79. The molecule has 128 valence electrons. The number of nitrogens with zero attached hydrogens (tertiary/aromatic N) is 1. The molecule has 0 aliphatic rings. The number of halogens is 1. The first kappa shape index (κ1) is 21.2. The fraction of sp³-hybridized carbons (Fsp3) is 0.688. The molecule has 0 aromatic carbocycles. The zero-order valence-corrected chi connectivity index (χ0v) is 16.3. The maximum Gasteiger partial charge on any atom is 0.190 e. The third-order valence-electron chi connectivity index (χ3n) is 3.52. The van der Waals surface area contributed by atoms with Crippen LogP contribution in [0.2, 0.25) is 0 Å². The zero-order chi connectivity index (χ0) is 15.3. The van der Waals surface area contributed by atoms with E-state index in [0.29, 0.717) is 19.1 Å². The van der Waals surface area contributed by atoms with Crippen LogP contribution in [0, 0.1) is 5.92 Å². The average molecular weight is 423 g/mol. The van der Waals surface area contributed by atoms with Gasteiger partial charge in [0.05, 0.1) is 6.26 Å². The van der Waals surface area contributed by atoms with Gasteiger partial charge in [0.15, 0.2) is 5.96 Å². The molecule has 0 aliphatic carbocycles. The molecule has 0 saturated heterocycles. The molecule has 0 atom stereocenters. The lowest BCUT2D eigenvalue weighted by atomic mass is 10.0. The Hall–Kier alpha value is -0.760. The average Bonchev–Trinajstić information content (AvgIpc) is 3.02. The molecule has 0 saturated carbocycles. The minimum absolute atomic E-state index is 0. The Labute approximate surface area is 151 Å².